The number of carbonyl (C=O) groups excluding carboxylic acids is 1. The van der Waals surface area contributed by atoms with Crippen LogP contribution in [0.15, 0.2) is 42.7 Å². The summed E-state index contributed by atoms with van der Waals surface area (Å²) in [6, 6.07) is 10.2. The minimum Gasteiger partial charge on any atom is -0.351 e. The van der Waals surface area contributed by atoms with Crippen LogP contribution in [0.2, 0.25) is 0 Å². The zero-order valence-electron chi connectivity index (χ0n) is 15.3. The van der Waals surface area contributed by atoms with Crippen LogP contribution in [0, 0.1) is 5.92 Å². The van der Waals surface area contributed by atoms with Gasteiger partial charge < -0.3 is 5.32 Å². The molecule has 2 aromatic heterocycles. The number of amides is 1. The molecule has 0 bridgehead atoms. The molecule has 3 aromatic rings. The van der Waals surface area contributed by atoms with E-state index in [9.17, 15) is 4.79 Å². The lowest BCUT2D eigenvalue weighted by molar-refractivity contribution is 0.0953. The molecule has 1 N–H and O–H groups in total. The minimum absolute atomic E-state index is 0.112. The van der Waals surface area contributed by atoms with E-state index in [1.807, 2.05) is 28.9 Å². The van der Waals surface area contributed by atoms with Gasteiger partial charge in [-0.25, -0.2) is 9.50 Å². The zero-order chi connectivity index (χ0) is 18.1. The maximum Gasteiger partial charge on any atom is 0.256 e. The Bertz CT molecular complexity index is 932. The summed E-state index contributed by atoms with van der Waals surface area (Å²) in [6.45, 7) is 4.97. The van der Waals surface area contributed by atoms with Crippen molar-refractivity contribution in [3.8, 4) is 0 Å². The molecule has 5 nitrogen and oxygen atoms in total. The molecule has 26 heavy (non-hydrogen) atoms. The highest BCUT2D eigenvalue weighted by Gasteiger charge is 2.22. The predicted octanol–water partition coefficient (Wildman–Crippen LogP) is 3.39. The number of benzene rings is 1. The maximum atomic E-state index is 12.7. The second-order valence-corrected chi connectivity index (χ2v) is 7.39. The van der Waals surface area contributed by atoms with Gasteiger partial charge in [-0.05, 0) is 42.2 Å². The maximum absolute atomic E-state index is 12.7. The van der Waals surface area contributed by atoms with Gasteiger partial charge in [0.25, 0.3) is 5.91 Å². The van der Waals surface area contributed by atoms with Crippen LogP contribution in [0.1, 0.15) is 53.4 Å². The zero-order valence-corrected chi connectivity index (χ0v) is 15.3. The van der Waals surface area contributed by atoms with E-state index in [4.69, 9.17) is 0 Å². The molecule has 0 aliphatic heterocycles. The van der Waals surface area contributed by atoms with Crippen molar-refractivity contribution in [2.75, 3.05) is 6.54 Å². The number of aromatic nitrogens is 3. The number of rotatable bonds is 4. The van der Waals surface area contributed by atoms with Crippen LogP contribution in [0.5, 0.6) is 0 Å². The van der Waals surface area contributed by atoms with Crippen molar-refractivity contribution >= 4 is 11.6 Å². The molecule has 2 heterocycles. The van der Waals surface area contributed by atoms with Crippen LogP contribution >= 0.6 is 0 Å². The van der Waals surface area contributed by atoms with Gasteiger partial charge in [0.2, 0.25) is 0 Å². The summed E-state index contributed by atoms with van der Waals surface area (Å²) in [6.07, 6.45) is 6.74. The molecule has 5 heteroatoms. The predicted molar refractivity (Wildman–Crippen MR) is 101 cm³/mol. The van der Waals surface area contributed by atoms with Gasteiger partial charge in [-0.15, -0.1) is 0 Å². The van der Waals surface area contributed by atoms with Gasteiger partial charge >= 0.3 is 0 Å². The van der Waals surface area contributed by atoms with E-state index in [0.29, 0.717) is 23.7 Å². The van der Waals surface area contributed by atoms with Gasteiger partial charge in [0.15, 0.2) is 5.65 Å². The highest BCUT2D eigenvalue weighted by Crippen LogP contribution is 2.25. The molecule has 0 saturated carbocycles. The van der Waals surface area contributed by atoms with Gasteiger partial charge in [-0.3, -0.25) is 4.79 Å². The molecule has 1 aliphatic rings. The van der Waals surface area contributed by atoms with Crippen molar-refractivity contribution in [1.82, 2.24) is 19.9 Å². The summed E-state index contributed by atoms with van der Waals surface area (Å²) in [5.74, 6) is 0.822. The topological polar surface area (TPSA) is 59.3 Å². The molecular weight excluding hydrogens is 324 g/mol. The number of aryl methyl sites for hydroxylation is 1. The van der Waals surface area contributed by atoms with E-state index in [1.54, 1.807) is 6.20 Å². The van der Waals surface area contributed by atoms with E-state index in [-0.39, 0.29) is 11.8 Å². The summed E-state index contributed by atoms with van der Waals surface area (Å²) in [7, 11) is 0. The monoisotopic (exact) mass is 348 g/mol. The number of fused-ring (bicyclic) bond motifs is 3. The van der Waals surface area contributed by atoms with Crippen molar-refractivity contribution < 1.29 is 4.79 Å². The van der Waals surface area contributed by atoms with Crippen molar-refractivity contribution in [1.29, 1.82) is 0 Å². The Morgan fingerprint density at radius 3 is 2.92 bits per heavy atom. The first-order valence-corrected chi connectivity index (χ1v) is 9.31. The Labute approximate surface area is 153 Å². The van der Waals surface area contributed by atoms with Crippen LogP contribution in [-0.2, 0) is 12.8 Å². The Morgan fingerprint density at radius 1 is 1.31 bits per heavy atom. The molecule has 0 spiro atoms. The fourth-order valence-electron chi connectivity index (χ4n) is 3.71. The fraction of sp³-hybridized carbons (Fsp3) is 0.381. The lowest BCUT2D eigenvalue weighted by Gasteiger charge is -2.21. The van der Waals surface area contributed by atoms with Crippen molar-refractivity contribution in [3.63, 3.8) is 0 Å². The van der Waals surface area contributed by atoms with Gasteiger partial charge in [0.1, 0.15) is 5.56 Å². The summed E-state index contributed by atoms with van der Waals surface area (Å²) in [4.78, 5) is 17.2. The SMILES string of the molecule is C[C@H]1CCc2c(cnc3c(C(=O)NC[C@@H](C)c4ccccc4)cnn23)C1. The van der Waals surface area contributed by atoms with Gasteiger partial charge in [0.05, 0.1) is 6.20 Å². The summed E-state index contributed by atoms with van der Waals surface area (Å²) >= 11 is 0. The van der Waals surface area contributed by atoms with Crippen LogP contribution in [0.3, 0.4) is 0 Å². The van der Waals surface area contributed by atoms with Gasteiger partial charge in [-0.1, -0.05) is 44.2 Å². The Kier molecular flexibility index (Phi) is 4.45. The molecule has 1 aliphatic carbocycles. The van der Waals surface area contributed by atoms with E-state index in [1.165, 1.54) is 16.8 Å². The molecular formula is C21H24N4O. The van der Waals surface area contributed by atoms with Crippen LogP contribution < -0.4 is 5.32 Å². The molecule has 1 amide bonds. The third kappa shape index (κ3) is 3.09. The number of hydrogen-bond acceptors (Lipinski definition) is 3. The first-order valence-electron chi connectivity index (χ1n) is 9.31. The lowest BCUT2D eigenvalue weighted by atomic mass is 9.89. The Morgan fingerprint density at radius 2 is 2.12 bits per heavy atom. The minimum atomic E-state index is -0.112. The standard InChI is InChI=1S/C21H24N4O/c1-14-8-9-19-17(10-14)12-22-20-18(13-24-25(19)20)21(26)23-11-15(2)16-6-4-3-5-7-16/h3-7,12-15H,8-11H2,1-2H3,(H,23,26)/t14-,15+/m0/s1. The van der Waals surface area contributed by atoms with E-state index < -0.39 is 0 Å². The normalized spacial score (nSPS) is 17.7. The highest BCUT2D eigenvalue weighted by atomic mass is 16.1. The average Bonchev–Trinajstić information content (AvgIpc) is 3.10. The average molecular weight is 348 g/mol. The van der Waals surface area contributed by atoms with Gasteiger partial charge in [0, 0.05) is 18.4 Å². The molecule has 4 rings (SSSR count). The Hall–Kier alpha value is -2.69. The molecule has 0 fully saturated rings. The summed E-state index contributed by atoms with van der Waals surface area (Å²) in [5.41, 5.74) is 4.87. The van der Waals surface area contributed by atoms with E-state index >= 15 is 0 Å². The second-order valence-electron chi connectivity index (χ2n) is 7.39. The third-order valence-electron chi connectivity index (χ3n) is 5.34. The fourth-order valence-corrected chi connectivity index (χ4v) is 3.71. The Balaban J connectivity index is 1.52. The van der Waals surface area contributed by atoms with Crippen molar-refractivity contribution in [3.05, 3.63) is 65.1 Å². The highest BCUT2D eigenvalue weighted by molar-refractivity contribution is 5.99. The summed E-state index contributed by atoms with van der Waals surface area (Å²) in [5, 5.41) is 7.49. The molecule has 134 valence electrons. The number of hydrogen-bond donors (Lipinski definition) is 1. The molecule has 0 saturated heterocycles. The molecule has 2 atom stereocenters. The number of carbonyl (C=O) groups is 1. The van der Waals surface area contributed by atoms with E-state index in [0.717, 1.165) is 19.3 Å². The smallest absolute Gasteiger partial charge is 0.256 e. The van der Waals surface area contributed by atoms with Crippen LogP contribution in [0.25, 0.3) is 5.65 Å². The van der Waals surface area contributed by atoms with Crippen molar-refractivity contribution in [2.24, 2.45) is 5.92 Å². The first-order chi connectivity index (χ1) is 12.6. The number of nitrogens with zero attached hydrogens (tertiary/aromatic N) is 3. The molecule has 0 radical (unpaired) electrons. The quantitative estimate of drug-likeness (QED) is 0.786. The van der Waals surface area contributed by atoms with Crippen LogP contribution in [-0.4, -0.2) is 27.0 Å². The lowest BCUT2D eigenvalue weighted by Crippen LogP contribution is -2.27. The molecule has 0 unspecified atom stereocenters. The van der Waals surface area contributed by atoms with Crippen molar-refractivity contribution in [2.45, 2.75) is 39.0 Å². The summed E-state index contributed by atoms with van der Waals surface area (Å²) < 4.78 is 1.86. The van der Waals surface area contributed by atoms with E-state index in [2.05, 4.69) is 41.4 Å². The first kappa shape index (κ1) is 16.8. The van der Waals surface area contributed by atoms with Gasteiger partial charge in [-0.2, -0.15) is 5.10 Å². The van der Waals surface area contributed by atoms with Crippen LogP contribution in [0.4, 0.5) is 0 Å². The third-order valence-corrected chi connectivity index (χ3v) is 5.34. The molecule has 1 aromatic carbocycles. The number of nitrogens with one attached hydrogen (secondary N) is 1. The second kappa shape index (κ2) is 6.90. The largest absolute Gasteiger partial charge is 0.351 e.